The molecule has 2 atom stereocenters. The Kier molecular flexibility index (Phi) is 6.56. The van der Waals surface area contributed by atoms with Gasteiger partial charge in [-0.15, -0.1) is 0 Å². The van der Waals surface area contributed by atoms with Crippen LogP contribution >= 0.6 is 11.8 Å². The number of carbonyl (C=O) groups excluding carboxylic acids is 1. The number of hydrogen-bond acceptors (Lipinski definition) is 2. The Morgan fingerprint density at radius 3 is 1.89 bits per heavy atom. The lowest BCUT2D eigenvalue weighted by atomic mass is 10.0. The topological polar surface area (TPSA) is 17.1 Å². The van der Waals surface area contributed by atoms with Gasteiger partial charge >= 0.3 is 18.3 Å². The molecule has 19 heavy (non-hydrogen) atoms. The lowest BCUT2D eigenvalue weighted by molar-refractivity contribution is -0.246. The fraction of sp³-hybridized carbons (Fsp3) is 0.889. The fourth-order valence-electron chi connectivity index (χ4n) is 1.02. The van der Waals surface area contributed by atoms with E-state index in [0.29, 0.717) is 11.8 Å². The van der Waals surface area contributed by atoms with E-state index in [1.165, 1.54) is 0 Å². The van der Waals surface area contributed by atoms with Gasteiger partial charge in [-0.05, 0) is 6.42 Å². The first-order chi connectivity index (χ1) is 8.44. The standard InChI is InChI=1S/C9H10F8OS/c1-4(18)19-3-2-5(10)8(14,15)6(11)9(16,17)7(12)13/h5-7H,2-3H2,1H3. The van der Waals surface area contributed by atoms with Gasteiger partial charge in [0.05, 0.1) is 0 Å². The third-order valence-corrected chi connectivity index (χ3v) is 2.91. The average Bonchev–Trinajstić information content (AvgIpc) is 2.26. The second-order valence-electron chi connectivity index (χ2n) is 3.61. The van der Waals surface area contributed by atoms with Crippen molar-refractivity contribution in [1.82, 2.24) is 0 Å². The molecular formula is C9H10F8OS. The molecule has 2 unspecified atom stereocenters. The quantitative estimate of drug-likeness (QED) is 0.663. The molecule has 0 aromatic carbocycles. The highest BCUT2D eigenvalue weighted by Crippen LogP contribution is 2.41. The zero-order chi connectivity index (χ0) is 15.4. The molecule has 0 rings (SSSR count). The number of hydrogen-bond donors (Lipinski definition) is 0. The maximum atomic E-state index is 13.0. The highest BCUT2D eigenvalue weighted by molar-refractivity contribution is 8.13. The molecule has 0 saturated carbocycles. The van der Waals surface area contributed by atoms with E-state index >= 15 is 0 Å². The smallest absolute Gasteiger partial charge is 0.288 e. The third kappa shape index (κ3) is 4.81. The second-order valence-corrected chi connectivity index (χ2v) is 4.88. The first-order valence-corrected chi connectivity index (χ1v) is 5.87. The van der Waals surface area contributed by atoms with Crippen molar-refractivity contribution in [3.63, 3.8) is 0 Å². The van der Waals surface area contributed by atoms with Crippen LogP contribution in [-0.4, -0.2) is 41.5 Å². The summed E-state index contributed by atoms with van der Waals surface area (Å²) in [6.07, 6.45) is -13.8. The van der Waals surface area contributed by atoms with Gasteiger partial charge in [0, 0.05) is 12.7 Å². The molecule has 0 amide bonds. The van der Waals surface area contributed by atoms with Gasteiger partial charge in [-0.1, -0.05) is 11.8 Å². The zero-order valence-corrected chi connectivity index (χ0v) is 10.3. The predicted octanol–water partition coefficient (Wildman–Crippen LogP) is 3.87. The molecule has 0 fully saturated rings. The molecule has 1 nitrogen and oxygen atoms in total. The summed E-state index contributed by atoms with van der Waals surface area (Å²) >= 11 is 0.431. The Morgan fingerprint density at radius 2 is 1.53 bits per heavy atom. The van der Waals surface area contributed by atoms with E-state index in [1.807, 2.05) is 0 Å². The predicted molar refractivity (Wildman–Crippen MR) is 53.4 cm³/mol. The number of halogens is 8. The Morgan fingerprint density at radius 1 is 1.05 bits per heavy atom. The van der Waals surface area contributed by atoms with Gasteiger partial charge < -0.3 is 0 Å². The monoisotopic (exact) mass is 318 g/mol. The number of alkyl halides is 8. The molecule has 0 aliphatic carbocycles. The highest BCUT2D eigenvalue weighted by atomic mass is 32.2. The van der Waals surface area contributed by atoms with E-state index in [1.54, 1.807) is 0 Å². The van der Waals surface area contributed by atoms with Crippen LogP contribution in [0.3, 0.4) is 0 Å². The lowest BCUT2D eigenvalue weighted by Crippen LogP contribution is -2.53. The van der Waals surface area contributed by atoms with Gasteiger partial charge in [-0.25, -0.2) is 17.6 Å². The summed E-state index contributed by atoms with van der Waals surface area (Å²) in [4.78, 5) is 10.4. The van der Waals surface area contributed by atoms with Crippen LogP contribution in [0.15, 0.2) is 0 Å². The summed E-state index contributed by atoms with van der Waals surface area (Å²) < 4.78 is 99.9. The SMILES string of the molecule is CC(=O)SCCC(F)C(F)(F)C(F)C(F)(F)C(F)F. The van der Waals surface area contributed by atoms with Crippen LogP contribution in [0.2, 0.25) is 0 Å². The molecule has 10 heteroatoms. The molecule has 0 radical (unpaired) electrons. The van der Waals surface area contributed by atoms with Gasteiger partial charge in [0.15, 0.2) is 11.3 Å². The van der Waals surface area contributed by atoms with Crippen LogP contribution in [0, 0.1) is 0 Å². The van der Waals surface area contributed by atoms with E-state index in [0.717, 1.165) is 6.92 Å². The minimum atomic E-state index is -5.65. The molecule has 0 aliphatic rings. The van der Waals surface area contributed by atoms with Crippen molar-refractivity contribution in [3.05, 3.63) is 0 Å². The maximum Gasteiger partial charge on any atom is 0.343 e. The van der Waals surface area contributed by atoms with Crippen molar-refractivity contribution in [2.75, 3.05) is 5.75 Å². The van der Waals surface area contributed by atoms with Crippen molar-refractivity contribution in [1.29, 1.82) is 0 Å². The minimum Gasteiger partial charge on any atom is -0.288 e. The molecule has 0 saturated heterocycles. The Labute approximate surface area is 107 Å². The molecule has 0 bridgehead atoms. The van der Waals surface area contributed by atoms with Crippen LogP contribution in [0.5, 0.6) is 0 Å². The third-order valence-electron chi connectivity index (χ3n) is 2.06. The van der Waals surface area contributed by atoms with Crippen LogP contribution in [0.25, 0.3) is 0 Å². The molecular weight excluding hydrogens is 308 g/mol. The summed E-state index contributed by atoms with van der Waals surface area (Å²) in [7, 11) is 0. The van der Waals surface area contributed by atoms with Crippen LogP contribution < -0.4 is 0 Å². The van der Waals surface area contributed by atoms with Gasteiger partial charge in [0.25, 0.3) is 0 Å². The van der Waals surface area contributed by atoms with Gasteiger partial charge in [-0.2, -0.15) is 17.6 Å². The average molecular weight is 318 g/mol. The first kappa shape index (κ1) is 18.5. The zero-order valence-electron chi connectivity index (χ0n) is 9.49. The van der Waals surface area contributed by atoms with Gasteiger partial charge in [-0.3, -0.25) is 4.79 Å². The van der Waals surface area contributed by atoms with E-state index in [2.05, 4.69) is 0 Å². The number of rotatable bonds is 7. The summed E-state index contributed by atoms with van der Waals surface area (Å²) in [5, 5.41) is -0.537. The maximum absolute atomic E-state index is 13.0. The normalized spacial score (nSPS) is 16.5. The summed E-state index contributed by atoms with van der Waals surface area (Å²) in [6, 6.07) is 0. The highest BCUT2D eigenvalue weighted by Gasteiger charge is 2.64. The summed E-state index contributed by atoms with van der Waals surface area (Å²) in [5.41, 5.74) is 0. The lowest BCUT2D eigenvalue weighted by Gasteiger charge is -2.29. The largest absolute Gasteiger partial charge is 0.343 e. The molecule has 0 spiro atoms. The Hall–Kier alpha value is -0.540. The Balaban J connectivity index is 4.71. The van der Waals surface area contributed by atoms with E-state index in [9.17, 15) is 39.9 Å². The molecule has 0 aliphatic heterocycles. The van der Waals surface area contributed by atoms with E-state index in [-0.39, 0.29) is 0 Å². The molecule has 0 N–H and O–H groups in total. The fourth-order valence-corrected chi connectivity index (χ4v) is 1.64. The Bertz CT molecular complexity index is 309. The van der Waals surface area contributed by atoms with Crippen molar-refractivity contribution >= 4 is 16.9 Å². The van der Waals surface area contributed by atoms with Crippen molar-refractivity contribution in [2.24, 2.45) is 0 Å². The van der Waals surface area contributed by atoms with E-state index in [4.69, 9.17) is 0 Å². The molecule has 0 heterocycles. The summed E-state index contributed by atoms with van der Waals surface area (Å²) in [5.74, 6) is -11.4. The van der Waals surface area contributed by atoms with E-state index < -0.39 is 47.9 Å². The minimum absolute atomic E-state index is 0.431. The van der Waals surface area contributed by atoms with Crippen LogP contribution in [-0.2, 0) is 4.79 Å². The molecule has 0 aromatic rings. The number of thioether (sulfide) groups is 1. The molecule has 0 aromatic heterocycles. The summed E-state index contributed by atoms with van der Waals surface area (Å²) in [6.45, 7) is 1.05. The number of carbonyl (C=O) groups is 1. The van der Waals surface area contributed by atoms with Crippen LogP contribution in [0.4, 0.5) is 35.1 Å². The van der Waals surface area contributed by atoms with Gasteiger partial charge in [0.1, 0.15) is 0 Å². The van der Waals surface area contributed by atoms with Crippen molar-refractivity contribution in [2.45, 2.75) is 44.0 Å². The van der Waals surface area contributed by atoms with Gasteiger partial charge in [0.2, 0.25) is 6.17 Å². The molecule has 114 valence electrons. The first-order valence-electron chi connectivity index (χ1n) is 4.89. The second kappa shape index (κ2) is 6.76. The van der Waals surface area contributed by atoms with Crippen LogP contribution in [0.1, 0.15) is 13.3 Å². The van der Waals surface area contributed by atoms with Crippen molar-refractivity contribution in [3.8, 4) is 0 Å². The van der Waals surface area contributed by atoms with Crippen molar-refractivity contribution < 1.29 is 39.9 Å².